The van der Waals surface area contributed by atoms with E-state index in [1.165, 1.54) is 28.2 Å². The second kappa shape index (κ2) is 10.4. The van der Waals surface area contributed by atoms with Crippen molar-refractivity contribution in [1.82, 2.24) is 13.9 Å². The molecule has 0 radical (unpaired) electrons. The van der Waals surface area contributed by atoms with Crippen molar-refractivity contribution in [3.63, 3.8) is 0 Å². The molecule has 0 aliphatic carbocycles. The lowest BCUT2D eigenvalue weighted by Crippen LogP contribution is -2.30. The van der Waals surface area contributed by atoms with Crippen molar-refractivity contribution in [2.24, 2.45) is 0 Å². The van der Waals surface area contributed by atoms with Crippen LogP contribution >= 0.6 is 11.8 Å². The highest BCUT2D eigenvalue weighted by molar-refractivity contribution is 7.99. The summed E-state index contributed by atoms with van der Waals surface area (Å²) in [5.41, 5.74) is 3.35. The van der Waals surface area contributed by atoms with E-state index in [0.717, 1.165) is 21.9 Å². The number of hydrogen-bond acceptors (Lipinski definition) is 5. The number of carbonyl (C=O) groups excluding carboxylic acids is 1. The number of carbonyl (C=O) groups is 1. The molecule has 1 heterocycles. The topological polar surface area (TPSA) is 84.3 Å². The molecule has 1 aromatic heterocycles. The summed E-state index contributed by atoms with van der Waals surface area (Å²) < 4.78 is 28.7. The Labute approximate surface area is 203 Å². The van der Waals surface area contributed by atoms with Crippen LogP contribution in [-0.4, -0.2) is 47.0 Å². The number of imidazole rings is 1. The van der Waals surface area contributed by atoms with E-state index in [4.69, 9.17) is 4.98 Å². The average Bonchev–Trinajstić information content (AvgIpc) is 3.23. The number of nitrogens with one attached hydrogen (secondary N) is 1. The molecule has 9 heteroatoms. The molecule has 0 fully saturated rings. The summed E-state index contributed by atoms with van der Waals surface area (Å²) in [6.45, 7) is 4.42. The number of anilines is 1. The van der Waals surface area contributed by atoms with Gasteiger partial charge in [-0.3, -0.25) is 9.36 Å². The first-order chi connectivity index (χ1) is 16.4. The minimum atomic E-state index is -3.53. The van der Waals surface area contributed by atoms with Crippen molar-refractivity contribution in [3.05, 3.63) is 78.9 Å². The molecule has 7 nitrogen and oxygen atoms in total. The first-order valence-electron chi connectivity index (χ1n) is 11.0. The average molecular weight is 495 g/mol. The Hall–Kier alpha value is -3.14. The van der Waals surface area contributed by atoms with Crippen LogP contribution < -0.4 is 5.32 Å². The molecular weight excluding hydrogens is 468 g/mol. The molecule has 0 atom stereocenters. The molecule has 0 bridgehead atoms. The molecule has 0 spiro atoms. The van der Waals surface area contributed by atoms with E-state index in [0.29, 0.717) is 18.8 Å². The normalized spacial score (nSPS) is 11.7. The van der Waals surface area contributed by atoms with Gasteiger partial charge in [0.1, 0.15) is 0 Å². The molecule has 3 aromatic carbocycles. The Morgan fingerprint density at radius 2 is 1.59 bits per heavy atom. The van der Waals surface area contributed by atoms with E-state index in [2.05, 4.69) is 5.32 Å². The van der Waals surface area contributed by atoms with E-state index in [-0.39, 0.29) is 16.6 Å². The minimum Gasteiger partial charge on any atom is -0.325 e. The fourth-order valence-corrected chi connectivity index (χ4v) is 5.96. The number of benzene rings is 3. The molecule has 0 aliphatic heterocycles. The zero-order valence-corrected chi connectivity index (χ0v) is 20.6. The van der Waals surface area contributed by atoms with Crippen molar-refractivity contribution in [1.29, 1.82) is 0 Å². The van der Waals surface area contributed by atoms with Crippen LogP contribution in [0.1, 0.15) is 13.8 Å². The molecule has 4 rings (SSSR count). The van der Waals surface area contributed by atoms with Gasteiger partial charge in [0.15, 0.2) is 5.16 Å². The Kier molecular flexibility index (Phi) is 7.35. The molecule has 0 unspecified atom stereocenters. The van der Waals surface area contributed by atoms with Gasteiger partial charge in [0.05, 0.1) is 21.7 Å². The van der Waals surface area contributed by atoms with Gasteiger partial charge in [-0.05, 0) is 48.5 Å². The maximum Gasteiger partial charge on any atom is 0.243 e. The lowest BCUT2D eigenvalue weighted by molar-refractivity contribution is -0.113. The van der Waals surface area contributed by atoms with Gasteiger partial charge >= 0.3 is 0 Å². The molecule has 1 N–H and O–H groups in total. The maximum atomic E-state index is 12.6. The zero-order chi connectivity index (χ0) is 24.1. The summed E-state index contributed by atoms with van der Waals surface area (Å²) in [5, 5.41) is 3.56. The third-order valence-electron chi connectivity index (χ3n) is 5.36. The van der Waals surface area contributed by atoms with Crippen LogP contribution in [0.4, 0.5) is 5.69 Å². The number of rotatable bonds is 9. The van der Waals surface area contributed by atoms with Gasteiger partial charge in [0.25, 0.3) is 0 Å². The van der Waals surface area contributed by atoms with Crippen LogP contribution in [0.3, 0.4) is 0 Å². The van der Waals surface area contributed by atoms with Crippen LogP contribution in [-0.2, 0) is 14.8 Å². The summed E-state index contributed by atoms with van der Waals surface area (Å²) in [5.74, 6) is -0.0358. The third-order valence-corrected chi connectivity index (χ3v) is 8.36. The summed E-state index contributed by atoms with van der Waals surface area (Å²) >= 11 is 1.35. The van der Waals surface area contributed by atoms with Crippen LogP contribution in [0, 0.1) is 0 Å². The van der Waals surface area contributed by atoms with Gasteiger partial charge < -0.3 is 5.32 Å². The van der Waals surface area contributed by atoms with Gasteiger partial charge in [-0.15, -0.1) is 0 Å². The molecule has 176 valence electrons. The predicted molar refractivity (Wildman–Crippen MR) is 137 cm³/mol. The second-order valence-corrected chi connectivity index (χ2v) is 10.4. The van der Waals surface area contributed by atoms with Crippen LogP contribution in [0.15, 0.2) is 88.9 Å². The number of hydrogen-bond donors (Lipinski definition) is 1. The standard InChI is InChI=1S/C25H26N4O3S2/c1-3-28(4-2)34(31,32)21-16-14-19(15-17-21)26-24(30)18-33-25-27-22-12-8-9-13-23(22)29(25)20-10-6-5-7-11-20/h5-17H,3-4,18H2,1-2H3,(H,26,30). The van der Waals surface area contributed by atoms with Crippen LogP contribution in [0.5, 0.6) is 0 Å². The van der Waals surface area contributed by atoms with Crippen molar-refractivity contribution in [2.45, 2.75) is 23.9 Å². The van der Waals surface area contributed by atoms with Crippen LogP contribution in [0.25, 0.3) is 16.7 Å². The monoisotopic (exact) mass is 494 g/mol. The third kappa shape index (κ3) is 5.01. The quantitative estimate of drug-likeness (QED) is 0.338. The van der Waals surface area contributed by atoms with Crippen molar-refractivity contribution < 1.29 is 13.2 Å². The van der Waals surface area contributed by atoms with Gasteiger partial charge in [-0.1, -0.05) is 55.9 Å². The number of sulfonamides is 1. The summed E-state index contributed by atoms with van der Waals surface area (Å²) in [4.78, 5) is 17.6. The molecule has 34 heavy (non-hydrogen) atoms. The highest BCUT2D eigenvalue weighted by Crippen LogP contribution is 2.28. The number of thioether (sulfide) groups is 1. The first-order valence-corrected chi connectivity index (χ1v) is 13.4. The minimum absolute atomic E-state index is 0.162. The number of nitrogens with zero attached hydrogens (tertiary/aromatic N) is 3. The lowest BCUT2D eigenvalue weighted by atomic mass is 10.3. The molecule has 1 amide bonds. The van der Waals surface area contributed by atoms with Crippen molar-refractivity contribution in [2.75, 3.05) is 24.2 Å². The molecule has 0 saturated heterocycles. The van der Waals surface area contributed by atoms with Crippen molar-refractivity contribution >= 4 is 44.4 Å². The SMILES string of the molecule is CCN(CC)S(=O)(=O)c1ccc(NC(=O)CSc2nc3ccccc3n2-c2ccccc2)cc1. The lowest BCUT2D eigenvalue weighted by Gasteiger charge is -2.18. The Balaban J connectivity index is 1.47. The Morgan fingerprint density at radius 1 is 0.941 bits per heavy atom. The van der Waals surface area contributed by atoms with E-state index in [1.54, 1.807) is 26.0 Å². The molecular formula is C25H26N4O3S2. The predicted octanol–water partition coefficient (Wildman–Crippen LogP) is 4.79. The smallest absolute Gasteiger partial charge is 0.243 e. The summed E-state index contributed by atoms with van der Waals surface area (Å²) in [6.07, 6.45) is 0. The number of amides is 1. The molecule has 0 saturated carbocycles. The summed E-state index contributed by atoms with van der Waals surface area (Å²) in [7, 11) is -3.53. The van der Waals surface area contributed by atoms with Gasteiger partial charge in [0, 0.05) is 24.5 Å². The largest absolute Gasteiger partial charge is 0.325 e. The van der Waals surface area contributed by atoms with Gasteiger partial charge in [0.2, 0.25) is 15.9 Å². The van der Waals surface area contributed by atoms with E-state index < -0.39 is 10.0 Å². The number of aromatic nitrogens is 2. The van der Waals surface area contributed by atoms with Gasteiger partial charge in [-0.2, -0.15) is 4.31 Å². The Morgan fingerprint density at radius 3 is 2.26 bits per heavy atom. The zero-order valence-electron chi connectivity index (χ0n) is 19.0. The highest BCUT2D eigenvalue weighted by atomic mass is 32.2. The molecule has 4 aromatic rings. The summed E-state index contributed by atoms with van der Waals surface area (Å²) in [6, 6.07) is 24.0. The first kappa shape index (κ1) is 24.0. The highest BCUT2D eigenvalue weighted by Gasteiger charge is 2.21. The maximum absolute atomic E-state index is 12.6. The van der Waals surface area contributed by atoms with Gasteiger partial charge in [-0.25, -0.2) is 13.4 Å². The van der Waals surface area contributed by atoms with E-state index >= 15 is 0 Å². The fourth-order valence-electron chi connectivity index (χ4n) is 3.68. The Bertz CT molecular complexity index is 1380. The number of para-hydroxylation sites is 3. The molecule has 0 aliphatic rings. The van der Waals surface area contributed by atoms with E-state index in [1.807, 2.05) is 59.2 Å². The van der Waals surface area contributed by atoms with Crippen LogP contribution in [0.2, 0.25) is 0 Å². The second-order valence-electron chi connectivity index (χ2n) is 7.50. The van der Waals surface area contributed by atoms with Crippen molar-refractivity contribution in [3.8, 4) is 5.69 Å². The number of fused-ring (bicyclic) bond motifs is 1. The van der Waals surface area contributed by atoms with E-state index in [9.17, 15) is 13.2 Å². The fraction of sp³-hybridized carbons (Fsp3) is 0.200.